The van der Waals surface area contributed by atoms with Gasteiger partial charge < -0.3 is 10.3 Å². The van der Waals surface area contributed by atoms with E-state index in [0.717, 1.165) is 5.56 Å². The Morgan fingerprint density at radius 2 is 2.05 bits per heavy atom. The number of benzene rings is 1. The molecule has 2 aromatic rings. The molecule has 1 heterocycles. The van der Waals surface area contributed by atoms with Crippen molar-refractivity contribution in [2.75, 3.05) is 0 Å². The molecule has 2 N–H and O–H groups in total. The van der Waals surface area contributed by atoms with Gasteiger partial charge in [0.25, 0.3) is 0 Å². The maximum atomic E-state index is 13.7. The van der Waals surface area contributed by atoms with Crippen molar-refractivity contribution in [1.82, 2.24) is 4.57 Å². The van der Waals surface area contributed by atoms with Crippen LogP contribution in [0, 0.1) is 11.7 Å². The van der Waals surface area contributed by atoms with Gasteiger partial charge in [-0.15, -0.1) is 0 Å². The molecule has 0 saturated carbocycles. The molecular weight excluding hydrogens is 263 g/mol. The molecule has 2 nitrogen and oxygen atoms in total. The first kappa shape index (κ1) is 14.1. The highest BCUT2D eigenvalue weighted by atomic mass is 35.5. The van der Waals surface area contributed by atoms with Crippen LogP contribution in [0.4, 0.5) is 4.39 Å². The average molecular weight is 281 g/mol. The first-order chi connectivity index (χ1) is 8.97. The molecule has 19 heavy (non-hydrogen) atoms. The van der Waals surface area contributed by atoms with E-state index in [1.807, 2.05) is 23.0 Å². The summed E-state index contributed by atoms with van der Waals surface area (Å²) in [5.74, 6) is 0.131. The van der Waals surface area contributed by atoms with Gasteiger partial charge in [-0.1, -0.05) is 25.4 Å². The fourth-order valence-electron chi connectivity index (χ4n) is 2.00. The van der Waals surface area contributed by atoms with Crippen molar-refractivity contribution < 1.29 is 4.39 Å². The van der Waals surface area contributed by atoms with Gasteiger partial charge in [-0.3, -0.25) is 0 Å². The molecule has 0 aliphatic rings. The molecule has 2 rings (SSSR count). The first-order valence-electron chi connectivity index (χ1n) is 6.32. The standard InChI is InChI=1S/C15H18ClFN2/c1-10(2)15(18)11-5-6-19(8-11)9-12-7-13(16)3-4-14(12)17/h3-8,10,15H,9,18H2,1-2H3. The van der Waals surface area contributed by atoms with E-state index in [-0.39, 0.29) is 11.9 Å². The second kappa shape index (κ2) is 5.76. The van der Waals surface area contributed by atoms with Gasteiger partial charge in [-0.05, 0) is 35.7 Å². The smallest absolute Gasteiger partial charge is 0.128 e. The molecule has 1 aromatic heterocycles. The lowest BCUT2D eigenvalue weighted by molar-refractivity contribution is 0.513. The predicted molar refractivity (Wildman–Crippen MR) is 76.7 cm³/mol. The van der Waals surface area contributed by atoms with Gasteiger partial charge in [0.2, 0.25) is 0 Å². The van der Waals surface area contributed by atoms with E-state index in [9.17, 15) is 4.39 Å². The van der Waals surface area contributed by atoms with Crippen LogP contribution < -0.4 is 5.73 Å². The van der Waals surface area contributed by atoms with E-state index in [2.05, 4.69) is 13.8 Å². The summed E-state index contributed by atoms with van der Waals surface area (Å²) in [5, 5.41) is 0.544. The molecule has 4 heteroatoms. The van der Waals surface area contributed by atoms with Crippen molar-refractivity contribution in [3.8, 4) is 0 Å². The number of nitrogens with two attached hydrogens (primary N) is 1. The van der Waals surface area contributed by atoms with Crippen LogP contribution in [0.1, 0.15) is 31.0 Å². The zero-order chi connectivity index (χ0) is 14.0. The van der Waals surface area contributed by atoms with Gasteiger partial charge >= 0.3 is 0 Å². The summed E-state index contributed by atoms with van der Waals surface area (Å²) in [7, 11) is 0. The van der Waals surface area contributed by atoms with Gasteiger partial charge in [0.1, 0.15) is 5.82 Å². The summed E-state index contributed by atoms with van der Waals surface area (Å²) in [4.78, 5) is 0. The maximum absolute atomic E-state index is 13.7. The van der Waals surface area contributed by atoms with Crippen LogP contribution in [0.15, 0.2) is 36.7 Å². The zero-order valence-corrected chi connectivity index (χ0v) is 11.9. The molecule has 0 radical (unpaired) electrons. The zero-order valence-electron chi connectivity index (χ0n) is 11.1. The molecule has 102 valence electrons. The summed E-state index contributed by atoms with van der Waals surface area (Å²) in [6, 6.07) is 6.58. The maximum Gasteiger partial charge on any atom is 0.128 e. The third kappa shape index (κ3) is 3.37. The molecule has 1 aromatic carbocycles. The minimum absolute atomic E-state index is 0.00505. The number of halogens is 2. The van der Waals surface area contributed by atoms with Gasteiger partial charge in [-0.25, -0.2) is 4.39 Å². The Morgan fingerprint density at radius 1 is 1.32 bits per heavy atom. The quantitative estimate of drug-likeness (QED) is 0.902. The average Bonchev–Trinajstić information content (AvgIpc) is 2.81. The van der Waals surface area contributed by atoms with Gasteiger partial charge in [-0.2, -0.15) is 0 Å². The van der Waals surface area contributed by atoms with E-state index in [1.165, 1.54) is 6.07 Å². The summed E-state index contributed by atoms with van der Waals surface area (Å²) in [6.45, 7) is 4.62. The predicted octanol–water partition coefficient (Wildman–Crippen LogP) is 3.98. The fourth-order valence-corrected chi connectivity index (χ4v) is 2.20. The lowest BCUT2D eigenvalue weighted by Gasteiger charge is -2.13. The molecule has 0 saturated heterocycles. The van der Waals surface area contributed by atoms with Crippen LogP contribution in [0.3, 0.4) is 0 Å². The lowest BCUT2D eigenvalue weighted by Crippen LogP contribution is -2.15. The minimum atomic E-state index is -0.243. The van der Waals surface area contributed by atoms with Crippen LogP contribution in [0.5, 0.6) is 0 Å². The summed E-state index contributed by atoms with van der Waals surface area (Å²) < 4.78 is 15.6. The highest BCUT2D eigenvalue weighted by Gasteiger charge is 2.12. The van der Waals surface area contributed by atoms with Crippen molar-refractivity contribution in [3.63, 3.8) is 0 Å². The van der Waals surface area contributed by atoms with E-state index in [1.54, 1.807) is 12.1 Å². The minimum Gasteiger partial charge on any atom is -0.349 e. The normalized spacial score (nSPS) is 12.9. The van der Waals surface area contributed by atoms with Crippen molar-refractivity contribution >= 4 is 11.6 Å². The summed E-state index contributed by atoms with van der Waals surface area (Å²) in [5.41, 5.74) is 7.73. The number of hydrogen-bond donors (Lipinski definition) is 1. The Morgan fingerprint density at radius 3 is 2.74 bits per heavy atom. The third-order valence-corrected chi connectivity index (χ3v) is 3.47. The van der Waals surface area contributed by atoms with E-state index >= 15 is 0 Å². The lowest BCUT2D eigenvalue weighted by atomic mass is 10.00. The number of nitrogens with zero attached hydrogens (tertiary/aromatic N) is 1. The third-order valence-electron chi connectivity index (χ3n) is 3.24. The van der Waals surface area contributed by atoms with Gasteiger partial charge in [0.15, 0.2) is 0 Å². The molecule has 1 unspecified atom stereocenters. The Balaban J connectivity index is 2.18. The molecule has 0 fully saturated rings. The van der Waals surface area contributed by atoms with Gasteiger partial charge in [0.05, 0.1) is 0 Å². The fraction of sp³-hybridized carbons (Fsp3) is 0.333. The molecule has 0 spiro atoms. The Kier molecular flexibility index (Phi) is 4.27. The Labute approximate surface area is 118 Å². The molecule has 0 aliphatic carbocycles. The molecule has 0 bridgehead atoms. The van der Waals surface area contributed by atoms with Crippen LogP contribution in [-0.2, 0) is 6.54 Å². The van der Waals surface area contributed by atoms with Gasteiger partial charge in [0, 0.05) is 35.6 Å². The van der Waals surface area contributed by atoms with Crippen LogP contribution in [0.2, 0.25) is 5.02 Å². The van der Waals surface area contributed by atoms with E-state index in [4.69, 9.17) is 17.3 Å². The molecular formula is C15H18ClFN2. The van der Waals surface area contributed by atoms with Crippen molar-refractivity contribution in [2.24, 2.45) is 11.7 Å². The van der Waals surface area contributed by atoms with Crippen LogP contribution >= 0.6 is 11.6 Å². The topological polar surface area (TPSA) is 30.9 Å². The van der Waals surface area contributed by atoms with Crippen LogP contribution in [0.25, 0.3) is 0 Å². The van der Waals surface area contributed by atoms with E-state index in [0.29, 0.717) is 23.0 Å². The number of rotatable bonds is 4. The summed E-state index contributed by atoms with van der Waals surface area (Å²) >= 11 is 5.88. The highest BCUT2D eigenvalue weighted by Crippen LogP contribution is 2.21. The SMILES string of the molecule is CC(C)C(N)c1ccn(Cc2cc(Cl)ccc2F)c1. The first-order valence-corrected chi connectivity index (χ1v) is 6.70. The molecule has 0 amide bonds. The second-order valence-corrected chi connectivity index (χ2v) is 5.56. The Bertz CT molecular complexity index is 563. The second-order valence-electron chi connectivity index (χ2n) is 5.12. The largest absolute Gasteiger partial charge is 0.349 e. The Hall–Kier alpha value is -1.32. The molecule has 1 atom stereocenters. The van der Waals surface area contributed by atoms with Crippen molar-refractivity contribution in [2.45, 2.75) is 26.4 Å². The number of aromatic nitrogens is 1. The summed E-state index contributed by atoms with van der Waals surface area (Å²) in [6.07, 6.45) is 3.88. The monoisotopic (exact) mass is 280 g/mol. The van der Waals surface area contributed by atoms with Crippen LogP contribution in [-0.4, -0.2) is 4.57 Å². The highest BCUT2D eigenvalue weighted by molar-refractivity contribution is 6.30. The molecule has 0 aliphatic heterocycles. The van der Waals surface area contributed by atoms with Crippen molar-refractivity contribution in [3.05, 3.63) is 58.6 Å². The number of hydrogen-bond acceptors (Lipinski definition) is 1. The van der Waals surface area contributed by atoms with Crippen molar-refractivity contribution in [1.29, 1.82) is 0 Å². The van der Waals surface area contributed by atoms with E-state index < -0.39 is 0 Å².